The molecule has 0 spiro atoms. The summed E-state index contributed by atoms with van der Waals surface area (Å²) in [6.45, 7) is 0.771. The van der Waals surface area contributed by atoms with Gasteiger partial charge in [-0.3, -0.25) is 4.79 Å². The fourth-order valence-electron chi connectivity index (χ4n) is 1.98. The average Bonchev–Trinajstić information content (AvgIpc) is 2.42. The van der Waals surface area contributed by atoms with E-state index in [1.165, 1.54) is 0 Å². The van der Waals surface area contributed by atoms with Crippen molar-refractivity contribution in [2.45, 2.75) is 12.5 Å². The summed E-state index contributed by atoms with van der Waals surface area (Å²) in [4.78, 5) is 11.9. The van der Waals surface area contributed by atoms with Crippen LogP contribution in [0, 0.1) is 0 Å². The second-order valence-electron chi connectivity index (χ2n) is 4.63. The summed E-state index contributed by atoms with van der Waals surface area (Å²) in [5, 5.41) is 13.9. The highest BCUT2D eigenvalue weighted by molar-refractivity contribution is 7.89. The zero-order chi connectivity index (χ0) is 14.6. The second-order valence-corrected chi connectivity index (χ2v) is 6.37. The van der Waals surface area contributed by atoms with E-state index in [1.54, 1.807) is 0 Å². The zero-order valence-electron chi connectivity index (χ0n) is 10.9. The molecule has 0 saturated carbocycles. The Morgan fingerprint density at radius 1 is 1.35 bits per heavy atom. The van der Waals surface area contributed by atoms with Crippen LogP contribution in [0.3, 0.4) is 0 Å². The van der Waals surface area contributed by atoms with Gasteiger partial charge < -0.3 is 16.0 Å². The molecule has 1 heterocycles. The van der Waals surface area contributed by atoms with E-state index in [0.29, 0.717) is 13.0 Å². The summed E-state index contributed by atoms with van der Waals surface area (Å²) < 4.78 is 21.5. The Hall–Kier alpha value is -1.80. The summed E-state index contributed by atoms with van der Waals surface area (Å²) in [5.74, 6) is -0.298. The fourth-order valence-corrected chi connectivity index (χ4v) is 2.53. The number of fused-ring (bicyclic) bond motifs is 1. The maximum atomic E-state index is 11.9. The van der Waals surface area contributed by atoms with E-state index in [2.05, 4.69) is 16.0 Å². The smallest absolute Gasteiger partial charge is 0.244 e. The van der Waals surface area contributed by atoms with Crippen LogP contribution >= 0.6 is 0 Å². The van der Waals surface area contributed by atoms with E-state index in [-0.39, 0.29) is 24.2 Å². The molecule has 0 radical (unpaired) electrons. The third-order valence-electron chi connectivity index (χ3n) is 2.97. The summed E-state index contributed by atoms with van der Waals surface area (Å²) in [6, 6.07) is 7.26. The van der Waals surface area contributed by atoms with E-state index in [9.17, 15) is 13.2 Å². The first-order chi connectivity index (χ1) is 9.46. The van der Waals surface area contributed by atoms with Crippen LogP contribution in [0.25, 0.3) is 0 Å². The van der Waals surface area contributed by atoms with Gasteiger partial charge in [-0.05, 0) is 18.6 Å². The third kappa shape index (κ3) is 4.10. The van der Waals surface area contributed by atoms with Crippen LogP contribution in [0.4, 0.5) is 11.4 Å². The molecule has 0 aliphatic carbocycles. The number of carbonyl (C=O) groups excluding carboxylic acids is 1. The topological polar surface area (TPSA) is 113 Å². The molecule has 0 saturated heterocycles. The minimum atomic E-state index is -3.47. The van der Waals surface area contributed by atoms with Crippen molar-refractivity contribution in [2.24, 2.45) is 5.14 Å². The van der Waals surface area contributed by atoms with Crippen molar-refractivity contribution in [3.05, 3.63) is 24.3 Å². The molecule has 20 heavy (non-hydrogen) atoms. The summed E-state index contributed by atoms with van der Waals surface area (Å²) in [7, 11) is -3.47. The van der Waals surface area contributed by atoms with Gasteiger partial charge in [0.15, 0.2) is 0 Å². The van der Waals surface area contributed by atoms with Gasteiger partial charge >= 0.3 is 0 Å². The Balaban J connectivity index is 1.80. The van der Waals surface area contributed by atoms with E-state index in [0.717, 1.165) is 11.4 Å². The Labute approximate surface area is 118 Å². The maximum Gasteiger partial charge on any atom is 0.244 e. The van der Waals surface area contributed by atoms with Gasteiger partial charge in [0.2, 0.25) is 15.9 Å². The molecule has 1 aliphatic heterocycles. The van der Waals surface area contributed by atoms with Gasteiger partial charge in [-0.2, -0.15) is 0 Å². The number of para-hydroxylation sites is 2. The predicted octanol–water partition coefficient (Wildman–Crippen LogP) is -0.313. The minimum absolute atomic E-state index is 0.132. The standard InChI is InChI=1S/C12H18N4O3S/c13-20(18,19)7-3-6-14-12(17)11-8-15-9-4-1-2-5-10(9)16-11/h1-2,4-5,11,15-16H,3,6-8H2,(H,14,17)(H2,13,18,19). The van der Waals surface area contributed by atoms with Crippen molar-refractivity contribution < 1.29 is 13.2 Å². The lowest BCUT2D eigenvalue weighted by atomic mass is 10.1. The van der Waals surface area contributed by atoms with Crippen LogP contribution in [0.15, 0.2) is 24.3 Å². The molecule has 5 N–H and O–H groups in total. The van der Waals surface area contributed by atoms with Gasteiger partial charge in [0, 0.05) is 13.1 Å². The van der Waals surface area contributed by atoms with Gasteiger partial charge in [-0.25, -0.2) is 13.6 Å². The van der Waals surface area contributed by atoms with E-state index >= 15 is 0 Å². The highest BCUT2D eigenvalue weighted by Gasteiger charge is 2.22. The number of nitrogens with one attached hydrogen (secondary N) is 3. The molecular formula is C12H18N4O3S. The van der Waals surface area contributed by atoms with Gasteiger partial charge in [-0.15, -0.1) is 0 Å². The number of hydrogen-bond acceptors (Lipinski definition) is 5. The molecule has 1 amide bonds. The summed E-state index contributed by atoms with van der Waals surface area (Å²) >= 11 is 0. The minimum Gasteiger partial charge on any atom is -0.381 e. The SMILES string of the molecule is NS(=O)(=O)CCCNC(=O)C1CNc2ccccc2N1. The lowest BCUT2D eigenvalue weighted by Gasteiger charge is -2.27. The monoisotopic (exact) mass is 298 g/mol. The van der Waals surface area contributed by atoms with Crippen molar-refractivity contribution >= 4 is 27.3 Å². The lowest BCUT2D eigenvalue weighted by Crippen LogP contribution is -2.46. The van der Waals surface area contributed by atoms with Crippen LogP contribution < -0.4 is 21.1 Å². The van der Waals surface area contributed by atoms with Gasteiger partial charge in [0.05, 0.1) is 17.1 Å². The molecule has 0 fully saturated rings. The summed E-state index contributed by atoms with van der Waals surface area (Å²) in [5.41, 5.74) is 1.84. The predicted molar refractivity (Wildman–Crippen MR) is 77.9 cm³/mol. The van der Waals surface area contributed by atoms with Crippen LogP contribution in [-0.2, 0) is 14.8 Å². The van der Waals surface area contributed by atoms with Crippen molar-refractivity contribution in [1.29, 1.82) is 0 Å². The number of primary sulfonamides is 1. The van der Waals surface area contributed by atoms with Crippen LogP contribution in [0.2, 0.25) is 0 Å². The largest absolute Gasteiger partial charge is 0.381 e. The van der Waals surface area contributed by atoms with Crippen LogP contribution in [0.1, 0.15) is 6.42 Å². The number of amides is 1. The number of hydrogen-bond donors (Lipinski definition) is 4. The molecule has 0 aromatic heterocycles. The highest BCUT2D eigenvalue weighted by Crippen LogP contribution is 2.24. The van der Waals surface area contributed by atoms with Crippen molar-refractivity contribution in [2.75, 3.05) is 29.5 Å². The molecular weight excluding hydrogens is 280 g/mol. The molecule has 0 bridgehead atoms. The van der Waals surface area contributed by atoms with Gasteiger partial charge in [0.1, 0.15) is 6.04 Å². The van der Waals surface area contributed by atoms with E-state index in [4.69, 9.17) is 5.14 Å². The Kier molecular flexibility index (Phi) is 4.46. The number of benzene rings is 1. The summed E-state index contributed by atoms with van der Waals surface area (Å²) in [6.07, 6.45) is 0.307. The molecule has 1 unspecified atom stereocenters. The number of nitrogens with two attached hydrogens (primary N) is 1. The zero-order valence-corrected chi connectivity index (χ0v) is 11.7. The average molecular weight is 298 g/mol. The molecule has 1 atom stereocenters. The van der Waals surface area contributed by atoms with E-state index < -0.39 is 10.0 Å². The molecule has 1 aromatic carbocycles. The quantitative estimate of drug-likeness (QED) is 0.557. The normalized spacial score (nSPS) is 17.6. The van der Waals surface area contributed by atoms with Crippen LogP contribution in [0.5, 0.6) is 0 Å². The second kappa shape index (κ2) is 6.10. The number of carbonyl (C=O) groups is 1. The Bertz CT molecular complexity index is 588. The fraction of sp³-hybridized carbons (Fsp3) is 0.417. The number of sulfonamides is 1. The first-order valence-electron chi connectivity index (χ1n) is 6.33. The van der Waals surface area contributed by atoms with Crippen LogP contribution in [-0.4, -0.2) is 39.2 Å². The first kappa shape index (κ1) is 14.6. The van der Waals surface area contributed by atoms with Crippen molar-refractivity contribution in [1.82, 2.24) is 5.32 Å². The molecule has 7 nitrogen and oxygen atoms in total. The number of anilines is 2. The highest BCUT2D eigenvalue weighted by atomic mass is 32.2. The Morgan fingerprint density at radius 3 is 2.75 bits per heavy atom. The molecule has 2 rings (SSSR count). The van der Waals surface area contributed by atoms with Crippen molar-refractivity contribution in [3.63, 3.8) is 0 Å². The molecule has 1 aromatic rings. The third-order valence-corrected chi connectivity index (χ3v) is 3.83. The van der Waals surface area contributed by atoms with Crippen molar-refractivity contribution in [3.8, 4) is 0 Å². The van der Waals surface area contributed by atoms with Gasteiger partial charge in [-0.1, -0.05) is 12.1 Å². The lowest BCUT2D eigenvalue weighted by molar-refractivity contribution is -0.121. The van der Waals surface area contributed by atoms with E-state index in [1.807, 2.05) is 24.3 Å². The molecule has 110 valence electrons. The number of rotatable bonds is 5. The maximum absolute atomic E-state index is 11.9. The Morgan fingerprint density at radius 2 is 2.05 bits per heavy atom. The first-order valence-corrected chi connectivity index (χ1v) is 8.05. The van der Waals surface area contributed by atoms with Gasteiger partial charge in [0.25, 0.3) is 0 Å². The molecule has 1 aliphatic rings. The molecule has 8 heteroatoms.